The van der Waals surface area contributed by atoms with E-state index < -0.39 is 24.7 Å². The third-order valence-electron chi connectivity index (χ3n) is 6.22. The van der Waals surface area contributed by atoms with Crippen LogP contribution in [0.4, 0.5) is 10.5 Å². The smallest absolute Gasteiger partial charge is 0.407 e. The van der Waals surface area contributed by atoms with Crippen molar-refractivity contribution in [2.45, 2.75) is 51.5 Å². The molecular weight excluding hydrogens is 465 g/mol. The Kier molecular flexibility index (Phi) is 7.88. The van der Waals surface area contributed by atoms with Crippen molar-refractivity contribution in [2.24, 2.45) is 0 Å². The van der Waals surface area contributed by atoms with Crippen LogP contribution in [0, 0.1) is 0 Å². The number of anilines is 1. The predicted molar refractivity (Wildman–Crippen MR) is 147 cm³/mol. The molecule has 2 amide bonds. The molecule has 192 valence electrons. The maximum absolute atomic E-state index is 13.1. The van der Waals surface area contributed by atoms with Gasteiger partial charge in [0.1, 0.15) is 12.6 Å². The van der Waals surface area contributed by atoms with Crippen molar-refractivity contribution in [1.29, 1.82) is 0 Å². The van der Waals surface area contributed by atoms with Crippen LogP contribution in [0.3, 0.4) is 0 Å². The van der Waals surface area contributed by atoms with E-state index in [1.54, 1.807) is 6.82 Å². The van der Waals surface area contributed by atoms with Crippen LogP contribution in [0.2, 0.25) is 6.82 Å². The first-order valence-corrected chi connectivity index (χ1v) is 12.6. The summed E-state index contributed by atoms with van der Waals surface area (Å²) < 4.78 is 5.68. The number of rotatable bonds is 8. The second-order valence-electron chi connectivity index (χ2n) is 10.5. The molecule has 0 radical (unpaired) electrons. The third kappa shape index (κ3) is 6.71. The van der Waals surface area contributed by atoms with Crippen molar-refractivity contribution in [2.75, 3.05) is 11.8 Å². The summed E-state index contributed by atoms with van der Waals surface area (Å²) in [6, 6.07) is 22.9. The van der Waals surface area contributed by atoms with Gasteiger partial charge in [0.2, 0.25) is 5.91 Å². The van der Waals surface area contributed by atoms with Crippen molar-refractivity contribution in [3.05, 3.63) is 89.5 Å². The van der Waals surface area contributed by atoms with Gasteiger partial charge in [-0.3, -0.25) is 4.79 Å². The van der Waals surface area contributed by atoms with Gasteiger partial charge in [0.05, 0.1) is 0 Å². The van der Waals surface area contributed by atoms with Crippen LogP contribution in [-0.2, 0) is 16.0 Å². The van der Waals surface area contributed by atoms with Gasteiger partial charge in [0, 0.05) is 23.6 Å². The number of fused-ring (bicyclic) bond motifs is 3. The minimum atomic E-state index is -0.814. The normalized spacial score (nSPS) is 13.2. The zero-order valence-electron chi connectivity index (χ0n) is 21.7. The Balaban J connectivity index is 1.45. The van der Waals surface area contributed by atoms with Gasteiger partial charge >= 0.3 is 13.1 Å². The minimum Gasteiger partial charge on any atom is -0.449 e. The number of nitrogens with one attached hydrogen (secondary N) is 3. The molecule has 0 bridgehead atoms. The largest absolute Gasteiger partial charge is 0.449 e. The lowest BCUT2D eigenvalue weighted by atomic mass is 9.88. The molecule has 4 rings (SSSR count). The van der Waals surface area contributed by atoms with Crippen LogP contribution >= 0.6 is 0 Å². The molecule has 0 saturated carbocycles. The molecule has 37 heavy (non-hydrogen) atoms. The molecule has 1 aliphatic rings. The van der Waals surface area contributed by atoms with Crippen LogP contribution in [-0.4, -0.2) is 42.3 Å². The van der Waals surface area contributed by atoms with E-state index in [0.717, 1.165) is 33.5 Å². The molecule has 0 fully saturated rings. The maximum atomic E-state index is 13.1. The van der Waals surface area contributed by atoms with E-state index in [1.165, 1.54) is 0 Å². The Bertz CT molecular complexity index is 1210. The second kappa shape index (κ2) is 11.1. The van der Waals surface area contributed by atoms with E-state index in [9.17, 15) is 14.6 Å². The summed E-state index contributed by atoms with van der Waals surface area (Å²) in [5.74, 6) is -0.346. The number of carbonyl (C=O) groups is 2. The van der Waals surface area contributed by atoms with Gasteiger partial charge in [0.25, 0.3) is 0 Å². The first kappa shape index (κ1) is 26.3. The molecule has 0 saturated heterocycles. The number of carbonyl (C=O) groups excluding carboxylic acids is 2. The monoisotopic (exact) mass is 499 g/mol. The highest BCUT2D eigenvalue weighted by Gasteiger charge is 2.30. The van der Waals surface area contributed by atoms with E-state index in [-0.39, 0.29) is 18.4 Å². The number of ether oxygens (including phenoxy) is 1. The summed E-state index contributed by atoms with van der Waals surface area (Å²) in [5.41, 5.74) is 5.74. The van der Waals surface area contributed by atoms with Crippen molar-refractivity contribution in [3.8, 4) is 11.1 Å². The summed E-state index contributed by atoms with van der Waals surface area (Å²) in [5, 5.41) is 18.2. The highest BCUT2D eigenvalue weighted by Crippen LogP contribution is 2.44. The molecule has 7 nitrogen and oxygen atoms in total. The lowest BCUT2D eigenvalue weighted by molar-refractivity contribution is -0.124. The van der Waals surface area contributed by atoms with E-state index in [2.05, 4.69) is 40.1 Å². The fourth-order valence-corrected chi connectivity index (χ4v) is 4.66. The SMILES string of the molecule is CB(O)Nc1ccc(CC(NC(=O)OCC2c3ccccc3-c3ccccc32)C(=O)NC(C)(C)C)cc1. The average molecular weight is 499 g/mol. The molecule has 0 aliphatic heterocycles. The zero-order valence-corrected chi connectivity index (χ0v) is 21.7. The first-order valence-electron chi connectivity index (χ1n) is 12.6. The Morgan fingerprint density at radius 2 is 1.51 bits per heavy atom. The van der Waals surface area contributed by atoms with Gasteiger partial charge in [-0.15, -0.1) is 0 Å². The second-order valence-corrected chi connectivity index (χ2v) is 10.5. The number of alkyl carbamates (subject to hydrolysis) is 1. The topological polar surface area (TPSA) is 99.7 Å². The van der Waals surface area contributed by atoms with Gasteiger partial charge in [-0.05, 0) is 67.5 Å². The Morgan fingerprint density at radius 3 is 2.05 bits per heavy atom. The van der Waals surface area contributed by atoms with Gasteiger partial charge in [0.15, 0.2) is 0 Å². The van der Waals surface area contributed by atoms with Crippen molar-refractivity contribution in [3.63, 3.8) is 0 Å². The molecule has 0 heterocycles. The van der Waals surface area contributed by atoms with Gasteiger partial charge in [-0.1, -0.05) is 60.7 Å². The summed E-state index contributed by atoms with van der Waals surface area (Å²) in [6.45, 7) is 7.50. The van der Waals surface area contributed by atoms with Gasteiger partial charge in [-0.25, -0.2) is 4.79 Å². The number of hydrogen-bond donors (Lipinski definition) is 4. The lowest BCUT2D eigenvalue weighted by Gasteiger charge is -2.26. The summed E-state index contributed by atoms with van der Waals surface area (Å²) in [4.78, 5) is 26.0. The molecular formula is C29H34BN3O4. The summed E-state index contributed by atoms with van der Waals surface area (Å²) in [6.07, 6.45) is -0.343. The van der Waals surface area contributed by atoms with Crippen LogP contribution in [0.1, 0.15) is 43.4 Å². The van der Waals surface area contributed by atoms with Crippen LogP contribution in [0.25, 0.3) is 11.1 Å². The van der Waals surface area contributed by atoms with Crippen LogP contribution in [0.5, 0.6) is 0 Å². The zero-order chi connectivity index (χ0) is 26.6. The highest BCUT2D eigenvalue weighted by molar-refractivity contribution is 6.52. The standard InChI is InChI=1S/C29H34BN3O4/c1-29(2,3)32-27(34)26(17-19-13-15-20(16-14-19)33-30(4)36)31-28(35)37-18-25-23-11-7-5-9-21(23)22-10-6-8-12-24(22)25/h5-16,25-26,33,36H,17-18H2,1-4H3,(H,31,35)(H,32,34). The van der Waals surface area contributed by atoms with Gasteiger partial charge in [-0.2, -0.15) is 0 Å². The number of amides is 2. The van der Waals surface area contributed by atoms with E-state index in [1.807, 2.05) is 69.3 Å². The molecule has 1 atom stereocenters. The Labute approximate surface area is 218 Å². The lowest BCUT2D eigenvalue weighted by Crippen LogP contribution is -2.53. The molecule has 3 aromatic rings. The highest BCUT2D eigenvalue weighted by atomic mass is 16.5. The molecule has 0 spiro atoms. The van der Waals surface area contributed by atoms with E-state index >= 15 is 0 Å². The predicted octanol–water partition coefficient (Wildman–Crippen LogP) is 4.57. The maximum Gasteiger partial charge on any atom is 0.407 e. The van der Waals surface area contributed by atoms with Gasteiger partial charge < -0.3 is 25.6 Å². The fourth-order valence-electron chi connectivity index (χ4n) is 4.66. The number of hydrogen-bond acceptors (Lipinski definition) is 5. The van der Waals surface area contributed by atoms with Crippen LogP contribution < -0.4 is 15.9 Å². The van der Waals surface area contributed by atoms with E-state index in [0.29, 0.717) is 6.42 Å². The fraction of sp³-hybridized carbons (Fsp3) is 0.310. The van der Waals surface area contributed by atoms with Crippen LogP contribution in [0.15, 0.2) is 72.8 Å². The van der Waals surface area contributed by atoms with Crippen molar-refractivity contribution in [1.82, 2.24) is 10.6 Å². The molecule has 0 aromatic heterocycles. The van der Waals surface area contributed by atoms with E-state index in [4.69, 9.17) is 4.74 Å². The molecule has 3 aromatic carbocycles. The van der Waals surface area contributed by atoms with Crippen molar-refractivity contribution < 1.29 is 19.3 Å². The quantitative estimate of drug-likeness (QED) is 0.340. The molecule has 4 N–H and O–H groups in total. The van der Waals surface area contributed by atoms with Crippen molar-refractivity contribution >= 4 is 24.7 Å². The Morgan fingerprint density at radius 1 is 0.946 bits per heavy atom. The Hall–Kier alpha value is -3.78. The molecule has 8 heteroatoms. The molecule has 1 unspecified atom stereocenters. The average Bonchev–Trinajstić information content (AvgIpc) is 3.16. The minimum absolute atomic E-state index is 0.0611. The number of benzene rings is 3. The first-order chi connectivity index (χ1) is 17.6. The third-order valence-corrected chi connectivity index (χ3v) is 6.22. The molecule has 1 aliphatic carbocycles. The summed E-state index contributed by atoms with van der Waals surface area (Å²) >= 11 is 0. The summed E-state index contributed by atoms with van der Waals surface area (Å²) in [7, 11) is -0.675.